The van der Waals surface area contributed by atoms with E-state index in [-0.39, 0.29) is 30.5 Å². The van der Waals surface area contributed by atoms with Crippen LogP contribution in [-0.2, 0) is 28.7 Å². The molecular weight excluding hydrogens is 434 g/mol. The minimum absolute atomic E-state index is 0. The van der Waals surface area contributed by atoms with E-state index in [1.165, 1.54) is 4.90 Å². The first-order valence-corrected chi connectivity index (χ1v) is 11.4. The largest absolute Gasteiger partial charge is 0.550 e. The third-order valence-corrected chi connectivity index (χ3v) is 8.53. The molecule has 0 radical (unpaired) electrons. The van der Waals surface area contributed by atoms with Gasteiger partial charge in [-0.3, -0.25) is 14.5 Å². The lowest BCUT2D eigenvalue weighted by molar-refractivity contribution is -0.330. The third kappa shape index (κ3) is 3.02. The maximum absolute atomic E-state index is 13.3. The Hall–Kier alpha value is -2.08. The first kappa shape index (κ1) is 25.5. The number of carbonyl (C=O) groups excluding carboxylic acids is 4. The van der Waals surface area contributed by atoms with Crippen molar-refractivity contribution in [1.29, 1.82) is 0 Å². The van der Waals surface area contributed by atoms with Gasteiger partial charge < -0.3 is 41.6 Å². The Morgan fingerprint density at radius 2 is 1.76 bits per heavy atom. The van der Waals surface area contributed by atoms with Crippen molar-refractivity contribution in [2.45, 2.75) is 70.4 Å². The number of quaternary nitrogens is 2. The molecule has 0 aromatic rings. The zero-order chi connectivity index (χ0) is 22.2. The summed E-state index contributed by atoms with van der Waals surface area (Å²) in [6, 6.07) is 0. The summed E-state index contributed by atoms with van der Waals surface area (Å²) in [5, 5.41) is 24.1. The van der Waals surface area contributed by atoms with E-state index in [4.69, 9.17) is 9.47 Å². The predicted molar refractivity (Wildman–Crippen MR) is 110 cm³/mol. The predicted octanol–water partition coefficient (Wildman–Crippen LogP) is -0.773. The van der Waals surface area contributed by atoms with Crippen LogP contribution in [0.2, 0.25) is 0 Å². The van der Waals surface area contributed by atoms with E-state index in [1.54, 1.807) is 0 Å². The zero-order valence-electron chi connectivity index (χ0n) is 19.7. The summed E-state index contributed by atoms with van der Waals surface area (Å²) in [5.74, 6) is -6.80. The number of unbranched alkanes of at least 4 members (excludes halogenated alkanes) is 1. The molecule has 0 aromatic carbocycles. The summed E-state index contributed by atoms with van der Waals surface area (Å²) >= 11 is 0. The highest BCUT2D eigenvalue weighted by atomic mass is 16.6. The highest BCUT2D eigenvalue weighted by Gasteiger charge is 2.82. The number of ether oxygens (including phenoxy) is 2. The molecule has 33 heavy (non-hydrogen) atoms. The van der Waals surface area contributed by atoms with Gasteiger partial charge in [0.05, 0.1) is 47.6 Å². The first-order valence-electron chi connectivity index (χ1n) is 11.4. The van der Waals surface area contributed by atoms with Gasteiger partial charge in [0.15, 0.2) is 0 Å². The van der Waals surface area contributed by atoms with Gasteiger partial charge in [-0.05, 0) is 18.8 Å². The van der Waals surface area contributed by atoms with Crippen molar-refractivity contribution < 1.29 is 38.9 Å². The molecular formula is C22H35N3O8. The number of likely N-dealkylation sites (tertiary alicyclic amines) is 1. The van der Waals surface area contributed by atoms with Crippen LogP contribution >= 0.6 is 0 Å². The molecule has 11 heteroatoms. The van der Waals surface area contributed by atoms with Crippen molar-refractivity contribution in [1.82, 2.24) is 17.2 Å². The maximum atomic E-state index is 13.3. The lowest BCUT2D eigenvalue weighted by atomic mass is 9.53. The molecule has 4 bridgehead atoms. The van der Waals surface area contributed by atoms with Crippen LogP contribution in [0.3, 0.4) is 0 Å². The fourth-order valence-corrected chi connectivity index (χ4v) is 7.16. The highest BCUT2D eigenvalue weighted by Crippen LogP contribution is 2.69. The molecule has 0 aromatic heterocycles. The number of aliphatic carboxylic acids is 2. The van der Waals surface area contributed by atoms with E-state index in [2.05, 4.69) is 6.92 Å². The van der Waals surface area contributed by atoms with Crippen molar-refractivity contribution in [2.24, 2.45) is 35.0 Å². The van der Waals surface area contributed by atoms with E-state index >= 15 is 0 Å². The van der Waals surface area contributed by atoms with E-state index in [1.807, 2.05) is 6.92 Å². The molecule has 5 saturated heterocycles. The lowest BCUT2D eigenvalue weighted by Gasteiger charge is -2.47. The fourth-order valence-electron chi connectivity index (χ4n) is 7.16. The summed E-state index contributed by atoms with van der Waals surface area (Å²) in [7, 11) is 0. The van der Waals surface area contributed by atoms with Crippen LogP contribution in [0, 0.1) is 35.0 Å². The second-order valence-electron chi connectivity index (χ2n) is 9.78. The SMILES string of the molecule is CCCCC(CC)CN1C(=O)C2C3OC(C2C1=O)C1(C(=O)[O-])C2OC(CC2C(=O)[O-])C31.[NH4+].[NH4+]. The summed E-state index contributed by atoms with van der Waals surface area (Å²) in [5.41, 5.74) is -1.74. The molecule has 5 rings (SSSR count). The molecule has 186 valence electrons. The van der Waals surface area contributed by atoms with Gasteiger partial charge in [0, 0.05) is 24.3 Å². The van der Waals surface area contributed by atoms with E-state index < -0.39 is 71.3 Å². The number of carboxylic acids is 2. The number of imide groups is 1. The average molecular weight is 470 g/mol. The lowest BCUT2D eigenvalue weighted by Crippen LogP contribution is -2.65. The van der Waals surface area contributed by atoms with Crippen molar-refractivity contribution in [3.05, 3.63) is 0 Å². The highest BCUT2D eigenvalue weighted by molar-refractivity contribution is 6.07. The van der Waals surface area contributed by atoms with Gasteiger partial charge in [-0.2, -0.15) is 0 Å². The summed E-state index contributed by atoms with van der Waals surface area (Å²) in [4.78, 5) is 52.0. The minimum Gasteiger partial charge on any atom is -0.550 e. The van der Waals surface area contributed by atoms with E-state index in [0.29, 0.717) is 6.54 Å². The Morgan fingerprint density at radius 3 is 2.33 bits per heavy atom. The Kier molecular flexibility index (Phi) is 6.66. The number of rotatable bonds is 8. The minimum atomic E-state index is -1.74. The van der Waals surface area contributed by atoms with Gasteiger partial charge in [0.25, 0.3) is 0 Å². The van der Waals surface area contributed by atoms with Gasteiger partial charge >= 0.3 is 0 Å². The molecule has 11 nitrogen and oxygen atoms in total. The maximum Gasteiger partial charge on any atom is 0.235 e. The number of hydrogen-bond acceptors (Lipinski definition) is 8. The number of carboxylic acid groups (broad SMARTS) is 2. The fraction of sp³-hybridized carbons (Fsp3) is 0.818. The second-order valence-corrected chi connectivity index (χ2v) is 9.78. The number of amides is 2. The molecule has 5 aliphatic rings. The Balaban J connectivity index is 0.00000153. The normalized spacial score (nSPS) is 42.5. The third-order valence-electron chi connectivity index (χ3n) is 8.53. The summed E-state index contributed by atoms with van der Waals surface area (Å²) in [6.45, 7) is 4.45. The van der Waals surface area contributed by atoms with Crippen molar-refractivity contribution >= 4 is 23.8 Å². The van der Waals surface area contributed by atoms with E-state index in [0.717, 1.165) is 25.7 Å². The van der Waals surface area contributed by atoms with Gasteiger partial charge in [-0.25, -0.2) is 0 Å². The molecule has 8 N–H and O–H groups in total. The molecule has 0 aliphatic carbocycles. The molecule has 5 aliphatic heterocycles. The van der Waals surface area contributed by atoms with Gasteiger partial charge in [0.2, 0.25) is 11.8 Å². The molecule has 0 spiro atoms. The Labute approximate surface area is 192 Å². The standard InChI is InChI=1S/C22H29NO8.2H3N/c1-3-5-6-9(4-2)8-23-18(24)12-13(19(23)25)17-22(21(28)29)14(15(12)31-17)11-7-10(20(26)27)16(22)30-11;;/h9-17H,3-8H2,1-2H3,(H,26,27)(H,28,29);2*1H3. The van der Waals surface area contributed by atoms with Crippen molar-refractivity contribution in [2.75, 3.05) is 6.54 Å². The Bertz CT molecular complexity index is 851. The topological polar surface area (TPSA) is 209 Å². The first-order chi connectivity index (χ1) is 14.8. The monoisotopic (exact) mass is 469 g/mol. The smallest absolute Gasteiger partial charge is 0.235 e. The second kappa shape index (κ2) is 8.61. The number of hydrogen-bond donors (Lipinski definition) is 2. The van der Waals surface area contributed by atoms with Crippen molar-refractivity contribution in [3.63, 3.8) is 0 Å². The van der Waals surface area contributed by atoms with Crippen molar-refractivity contribution in [3.8, 4) is 0 Å². The molecule has 10 atom stereocenters. The average Bonchev–Trinajstić information content (AvgIpc) is 3.51. The molecule has 5 fully saturated rings. The van der Waals surface area contributed by atoms with Crippen LogP contribution < -0.4 is 22.5 Å². The zero-order valence-corrected chi connectivity index (χ0v) is 19.7. The van der Waals surface area contributed by atoms with Gasteiger partial charge in [-0.1, -0.05) is 33.1 Å². The molecule has 2 amide bonds. The quantitative estimate of drug-likeness (QED) is 0.430. The number of fused-ring (bicyclic) bond motifs is 12. The summed E-state index contributed by atoms with van der Waals surface area (Å²) < 4.78 is 11.8. The van der Waals surface area contributed by atoms with Gasteiger partial charge in [0.1, 0.15) is 0 Å². The molecule has 0 saturated carbocycles. The number of nitrogens with zero attached hydrogens (tertiary/aromatic N) is 1. The van der Waals surface area contributed by atoms with Crippen LogP contribution in [0.25, 0.3) is 0 Å². The van der Waals surface area contributed by atoms with Crippen LogP contribution in [0.5, 0.6) is 0 Å². The number of carbonyl (C=O) groups is 4. The van der Waals surface area contributed by atoms with Crippen LogP contribution in [-0.4, -0.2) is 59.6 Å². The van der Waals surface area contributed by atoms with Crippen LogP contribution in [0.15, 0.2) is 0 Å². The van der Waals surface area contributed by atoms with Crippen LogP contribution in [0.1, 0.15) is 46.0 Å². The molecule has 5 heterocycles. The van der Waals surface area contributed by atoms with E-state index in [9.17, 15) is 29.4 Å². The Morgan fingerprint density at radius 1 is 1.09 bits per heavy atom. The van der Waals surface area contributed by atoms with Crippen LogP contribution in [0.4, 0.5) is 0 Å². The van der Waals surface area contributed by atoms with Gasteiger partial charge in [-0.15, -0.1) is 0 Å². The summed E-state index contributed by atoms with van der Waals surface area (Å²) in [6.07, 6.45) is 0.195. The molecule has 10 unspecified atom stereocenters.